The van der Waals surface area contributed by atoms with Gasteiger partial charge in [0.1, 0.15) is 11.9 Å². The van der Waals surface area contributed by atoms with Crippen LogP contribution in [0.15, 0.2) is 22.7 Å². The summed E-state index contributed by atoms with van der Waals surface area (Å²) < 4.78 is 14.2. The second kappa shape index (κ2) is 5.30. The average Bonchev–Trinajstić information content (AvgIpc) is 2.22. The third-order valence-electron chi connectivity index (χ3n) is 2.11. The van der Waals surface area contributed by atoms with Crippen molar-refractivity contribution >= 4 is 27.5 Å². The summed E-state index contributed by atoms with van der Waals surface area (Å²) in [4.78, 5) is 13.0. The largest absolute Gasteiger partial charge is 0.371 e. The lowest BCUT2D eigenvalue weighted by Gasteiger charge is -2.19. The molecule has 0 radical (unpaired) electrons. The van der Waals surface area contributed by atoms with E-state index < -0.39 is 6.04 Å². The van der Waals surface area contributed by atoms with Crippen molar-refractivity contribution in [3.8, 4) is 0 Å². The van der Waals surface area contributed by atoms with Gasteiger partial charge in [0.05, 0.1) is 5.69 Å². The number of likely N-dealkylation sites (N-methyl/N-ethyl adjacent to an activating group) is 1. The smallest absolute Gasteiger partial charge is 0.244 e. The number of halogens is 2. The van der Waals surface area contributed by atoms with Crippen LogP contribution in [0, 0.1) is 5.82 Å². The van der Waals surface area contributed by atoms with Crippen LogP contribution in [0.3, 0.4) is 0 Å². The van der Waals surface area contributed by atoms with Crippen LogP contribution in [0.4, 0.5) is 10.1 Å². The van der Waals surface area contributed by atoms with E-state index in [4.69, 9.17) is 0 Å². The van der Waals surface area contributed by atoms with Crippen LogP contribution >= 0.6 is 15.9 Å². The first-order chi connectivity index (χ1) is 7.41. The Kier molecular flexibility index (Phi) is 4.29. The van der Waals surface area contributed by atoms with Crippen molar-refractivity contribution in [1.29, 1.82) is 0 Å². The first-order valence-electron chi connectivity index (χ1n) is 4.84. The minimum absolute atomic E-state index is 0.0978. The summed E-state index contributed by atoms with van der Waals surface area (Å²) in [6.07, 6.45) is 0. The van der Waals surface area contributed by atoms with E-state index in [1.165, 1.54) is 11.0 Å². The van der Waals surface area contributed by atoms with Crippen molar-refractivity contribution in [1.82, 2.24) is 4.90 Å². The quantitative estimate of drug-likeness (QED) is 0.927. The second-order valence-electron chi connectivity index (χ2n) is 3.72. The van der Waals surface area contributed by atoms with Crippen molar-refractivity contribution in [2.45, 2.75) is 13.0 Å². The maximum atomic E-state index is 13.4. The number of hydrogen-bond donors (Lipinski definition) is 1. The van der Waals surface area contributed by atoms with Gasteiger partial charge < -0.3 is 10.2 Å². The summed E-state index contributed by atoms with van der Waals surface area (Å²) in [5.41, 5.74) is 0.317. The fourth-order valence-electron chi connectivity index (χ4n) is 1.29. The van der Waals surface area contributed by atoms with Crippen LogP contribution < -0.4 is 5.32 Å². The van der Waals surface area contributed by atoms with Gasteiger partial charge in [-0.05, 0) is 25.1 Å². The zero-order chi connectivity index (χ0) is 12.3. The van der Waals surface area contributed by atoms with E-state index in [9.17, 15) is 9.18 Å². The van der Waals surface area contributed by atoms with Gasteiger partial charge in [0.25, 0.3) is 0 Å². The van der Waals surface area contributed by atoms with E-state index >= 15 is 0 Å². The first-order valence-corrected chi connectivity index (χ1v) is 5.64. The molecule has 0 aromatic heterocycles. The Bertz CT molecular complexity index is 396. The van der Waals surface area contributed by atoms with Crippen molar-refractivity contribution in [3.05, 3.63) is 28.5 Å². The van der Waals surface area contributed by atoms with Crippen molar-refractivity contribution in [3.63, 3.8) is 0 Å². The highest BCUT2D eigenvalue weighted by atomic mass is 79.9. The molecular formula is C11H14BrFN2O. The third kappa shape index (κ3) is 3.20. The van der Waals surface area contributed by atoms with E-state index in [2.05, 4.69) is 21.2 Å². The Labute approximate surface area is 103 Å². The van der Waals surface area contributed by atoms with E-state index in [-0.39, 0.29) is 11.7 Å². The molecule has 0 aliphatic carbocycles. The molecular weight excluding hydrogens is 275 g/mol. The molecule has 0 saturated heterocycles. The molecule has 0 aliphatic heterocycles. The van der Waals surface area contributed by atoms with Crippen LogP contribution in [-0.2, 0) is 4.79 Å². The Morgan fingerprint density at radius 1 is 1.50 bits per heavy atom. The normalized spacial score (nSPS) is 12.1. The molecule has 0 saturated carbocycles. The molecule has 1 rings (SSSR count). The van der Waals surface area contributed by atoms with Gasteiger partial charge in [-0.1, -0.05) is 15.9 Å². The topological polar surface area (TPSA) is 32.3 Å². The zero-order valence-corrected chi connectivity index (χ0v) is 11.0. The molecule has 0 spiro atoms. The minimum Gasteiger partial charge on any atom is -0.371 e. The molecule has 88 valence electrons. The first kappa shape index (κ1) is 13.0. The Morgan fingerprint density at radius 3 is 2.69 bits per heavy atom. The monoisotopic (exact) mass is 288 g/mol. The molecule has 1 N–H and O–H groups in total. The van der Waals surface area contributed by atoms with Crippen LogP contribution in [0.1, 0.15) is 6.92 Å². The number of nitrogens with zero attached hydrogens (tertiary/aromatic N) is 1. The Balaban J connectivity index is 2.80. The summed E-state index contributed by atoms with van der Waals surface area (Å²) in [7, 11) is 3.33. The number of amides is 1. The molecule has 0 aliphatic rings. The van der Waals surface area contributed by atoms with Crippen LogP contribution in [0.25, 0.3) is 0 Å². The highest BCUT2D eigenvalue weighted by molar-refractivity contribution is 9.10. The standard InChI is InChI=1S/C11H14BrFN2O/c1-7(11(16)15(2)3)14-10-6-8(12)4-5-9(10)13/h4-7,14H,1-3H3. The number of carbonyl (C=O) groups excluding carboxylic acids is 1. The average molecular weight is 289 g/mol. The van der Waals surface area contributed by atoms with Crippen LogP contribution in [-0.4, -0.2) is 30.9 Å². The third-order valence-corrected chi connectivity index (χ3v) is 2.60. The lowest BCUT2D eigenvalue weighted by Crippen LogP contribution is -2.36. The van der Waals surface area contributed by atoms with E-state index in [0.29, 0.717) is 5.69 Å². The van der Waals surface area contributed by atoms with Crippen molar-refractivity contribution < 1.29 is 9.18 Å². The van der Waals surface area contributed by atoms with Gasteiger partial charge in [-0.25, -0.2) is 4.39 Å². The zero-order valence-electron chi connectivity index (χ0n) is 9.42. The summed E-state index contributed by atoms with van der Waals surface area (Å²) in [5, 5.41) is 2.84. The maximum Gasteiger partial charge on any atom is 0.244 e. The molecule has 1 unspecified atom stereocenters. The fourth-order valence-corrected chi connectivity index (χ4v) is 1.65. The number of benzene rings is 1. The van der Waals surface area contributed by atoms with Gasteiger partial charge in [-0.2, -0.15) is 0 Å². The highest BCUT2D eigenvalue weighted by Crippen LogP contribution is 2.20. The number of nitrogens with one attached hydrogen (secondary N) is 1. The maximum absolute atomic E-state index is 13.4. The minimum atomic E-state index is -0.459. The predicted molar refractivity (Wildman–Crippen MR) is 65.9 cm³/mol. The lowest BCUT2D eigenvalue weighted by molar-refractivity contribution is -0.129. The van der Waals surface area contributed by atoms with Gasteiger partial charge in [0, 0.05) is 18.6 Å². The van der Waals surface area contributed by atoms with Gasteiger partial charge >= 0.3 is 0 Å². The second-order valence-corrected chi connectivity index (χ2v) is 4.64. The molecule has 0 fully saturated rings. The van der Waals surface area contributed by atoms with Crippen molar-refractivity contribution in [2.24, 2.45) is 0 Å². The molecule has 1 aromatic rings. The predicted octanol–water partition coefficient (Wildman–Crippen LogP) is 2.48. The molecule has 0 bridgehead atoms. The Hall–Kier alpha value is -1.10. The Morgan fingerprint density at radius 2 is 2.12 bits per heavy atom. The number of carbonyl (C=O) groups is 1. The van der Waals surface area contributed by atoms with Gasteiger partial charge in [0.2, 0.25) is 5.91 Å². The number of rotatable bonds is 3. The number of anilines is 1. The van der Waals surface area contributed by atoms with Gasteiger partial charge in [0.15, 0.2) is 0 Å². The SMILES string of the molecule is CC(Nc1cc(Br)ccc1F)C(=O)N(C)C. The lowest BCUT2D eigenvalue weighted by atomic mass is 10.2. The van der Waals surface area contributed by atoms with Crippen molar-refractivity contribution in [2.75, 3.05) is 19.4 Å². The van der Waals surface area contributed by atoms with Crippen LogP contribution in [0.5, 0.6) is 0 Å². The summed E-state index contributed by atoms with van der Waals surface area (Å²) in [5.74, 6) is -0.471. The highest BCUT2D eigenvalue weighted by Gasteiger charge is 2.15. The van der Waals surface area contributed by atoms with Gasteiger partial charge in [-0.15, -0.1) is 0 Å². The van der Waals surface area contributed by atoms with Gasteiger partial charge in [-0.3, -0.25) is 4.79 Å². The van der Waals surface area contributed by atoms with E-state index in [1.807, 2.05) is 0 Å². The molecule has 5 heteroatoms. The summed E-state index contributed by atoms with van der Waals surface area (Å²) in [6, 6.07) is 4.10. The molecule has 16 heavy (non-hydrogen) atoms. The molecule has 3 nitrogen and oxygen atoms in total. The molecule has 1 aromatic carbocycles. The summed E-state index contributed by atoms with van der Waals surface area (Å²) in [6.45, 7) is 1.70. The summed E-state index contributed by atoms with van der Waals surface area (Å²) >= 11 is 3.25. The van der Waals surface area contributed by atoms with Crippen LogP contribution in [0.2, 0.25) is 0 Å². The number of hydrogen-bond acceptors (Lipinski definition) is 2. The molecule has 1 atom stereocenters. The van der Waals surface area contributed by atoms with E-state index in [0.717, 1.165) is 4.47 Å². The molecule has 0 heterocycles. The van der Waals surface area contributed by atoms with E-state index in [1.54, 1.807) is 33.2 Å². The fraction of sp³-hybridized carbons (Fsp3) is 0.364. The molecule has 1 amide bonds.